The zero-order valence-electron chi connectivity index (χ0n) is 6.73. The van der Waals surface area contributed by atoms with Gasteiger partial charge in [-0.15, -0.1) is 0 Å². The molecular formula is C8H17NS. The fraction of sp³-hybridized carbons (Fsp3) is 1.00. The minimum atomic E-state index is 0.192. The van der Waals surface area contributed by atoms with Crippen LogP contribution in [-0.2, 0) is 0 Å². The molecule has 0 bridgehead atoms. The summed E-state index contributed by atoms with van der Waals surface area (Å²) in [6.45, 7) is 0. The molecule has 1 aliphatic rings. The SMILES string of the molecule is CSCC1(N)CCCCC1. The normalized spacial score (nSPS) is 24.6. The van der Waals surface area contributed by atoms with Crippen LogP contribution in [0.15, 0.2) is 0 Å². The third-order valence-electron chi connectivity index (χ3n) is 2.28. The van der Waals surface area contributed by atoms with Crippen LogP contribution < -0.4 is 5.73 Å². The standard InChI is InChI=1S/C8H17NS/c1-10-7-8(9)5-3-2-4-6-8/h2-7,9H2,1H3. The van der Waals surface area contributed by atoms with E-state index in [1.165, 1.54) is 32.1 Å². The maximum atomic E-state index is 6.15. The van der Waals surface area contributed by atoms with Gasteiger partial charge in [-0.05, 0) is 19.1 Å². The van der Waals surface area contributed by atoms with Gasteiger partial charge in [-0.1, -0.05) is 19.3 Å². The maximum Gasteiger partial charge on any atom is 0.0245 e. The van der Waals surface area contributed by atoms with E-state index >= 15 is 0 Å². The second-order valence-electron chi connectivity index (χ2n) is 3.36. The maximum absolute atomic E-state index is 6.15. The predicted octanol–water partition coefficient (Wildman–Crippen LogP) is 2.01. The van der Waals surface area contributed by atoms with Crippen LogP contribution >= 0.6 is 11.8 Å². The zero-order chi connectivity index (χ0) is 7.45. The molecule has 0 heterocycles. The summed E-state index contributed by atoms with van der Waals surface area (Å²) in [5, 5.41) is 0. The Bertz CT molecular complexity index is 91.9. The van der Waals surface area contributed by atoms with E-state index in [0.717, 1.165) is 5.75 Å². The summed E-state index contributed by atoms with van der Waals surface area (Å²) >= 11 is 1.88. The molecule has 0 atom stereocenters. The lowest BCUT2D eigenvalue weighted by molar-refractivity contribution is 0.328. The van der Waals surface area contributed by atoms with Crippen molar-refractivity contribution in [3.8, 4) is 0 Å². The van der Waals surface area contributed by atoms with Crippen LogP contribution in [0.3, 0.4) is 0 Å². The van der Waals surface area contributed by atoms with Gasteiger partial charge in [0.2, 0.25) is 0 Å². The quantitative estimate of drug-likeness (QED) is 0.667. The number of thioether (sulfide) groups is 1. The van der Waals surface area contributed by atoms with E-state index in [0.29, 0.717) is 0 Å². The van der Waals surface area contributed by atoms with E-state index in [1.54, 1.807) is 0 Å². The van der Waals surface area contributed by atoms with Crippen LogP contribution in [0.5, 0.6) is 0 Å². The van der Waals surface area contributed by atoms with Gasteiger partial charge in [0.15, 0.2) is 0 Å². The largest absolute Gasteiger partial charge is 0.324 e. The summed E-state index contributed by atoms with van der Waals surface area (Å²) in [7, 11) is 0. The summed E-state index contributed by atoms with van der Waals surface area (Å²) in [4.78, 5) is 0. The van der Waals surface area contributed by atoms with E-state index in [4.69, 9.17) is 5.73 Å². The summed E-state index contributed by atoms with van der Waals surface area (Å²) in [6.07, 6.45) is 8.71. The monoisotopic (exact) mass is 159 g/mol. The Morgan fingerprint density at radius 2 is 1.90 bits per heavy atom. The second kappa shape index (κ2) is 3.63. The molecule has 1 aliphatic carbocycles. The highest BCUT2D eigenvalue weighted by molar-refractivity contribution is 7.98. The van der Waals surface area contributed by atoms with Gasteiger partial charge in [0.05, 0.1) is 0 Å². The third-order valence-corrected chi connectivity index (χ3v) is 3.14. The third kappa shape index (κ3) is 2.17. The number of hydrogen-bond donors (Lipinski definition) is 1. The summed E-state index contributed by atoms with van der Waals surface area (Å²) in [5.74, 6) is 1.15. The molecule has 2 heteroatoms. The Balaban J connectivity index is 2.32. The first kappa shape index (κ1) is 8.41. The zero-order valence-corrected chi connectivity index (χ0v) is 7.54. The average Bonchev–Trinajstić information content (AvgIpc) is 1.89. The summed E-state index contributed by atoms with van der Waals surface area (Å²) in [6, 6.07) is 0. The molecular weight excluding hydrogens is 142 g/mol. The van der Waals surface area contributed by atoms with Crippen LogP contribution in [0.2, 0.25) is 0 Å². The average molecular weight is 159 g/mol. The highest BCUT2D eigenvalue weighted by Gasteiger charge is 2.26. The number of rotatable bonds is 2. The lowest BCUT2D eigenvalue weighted by Gasteiger charge is -2.32. The lowest BCUT2D eigenvalue weighted by Crippen LogP contribution is -2.44. The molecule has 0 saturated heterocycles. The topological polar surface area (TPSA) is 26.0 Å². The minimum Gasteiger partial charge on any atom is -0.324 e. The Kier molecular flexibility index (Phi) is 3.05. The van der Waals surface area contributed by atoms with Gasteiger partial charge < -0.3 is 5.73 Å². The molecule has 0 spiro atoms. The van der Waals surface area contributed by atoms with Crippen molar-refractivity contribution in [1.29, 1.82) is 0 Å². The van der Waals surface area contributed by atoms with Crippen LogP contribution in [0.1, 0.15) is 32.1 Å². The van der Waals surface area contributed by atoms with Crippen LogP contribution in [0, 0.1) is 0 Å². The Hall–Kier alpha value is 0.310. The van der Waals surface area contributed by atoms with Crippen molar-refractivity contribution in [2.75, 3.05) is 12.0 Å². The second-order valence-corrected chi connectivity index (χ2v) is 4.22. The first-order valence-electron chi connectivity index (χ1n) is 4.05. The van der Waals surface area contributed by atoms with Gasteiger partial charge in [-0.3, -0.25) is 0 Å². The molecule has 0 aromatic heterocycles. The van der Waals surface area contributed by atoms with Crippen molar-refractivity contribution in [3.63, 3.8) is 0 Å². The van der Waals surface area contributed by atoms with Crippen LogP contribution in [0.25, 0.3) is 0 Å². The number of hydrogen-bond acceptors (Lipinski definition) is 2. The number of nitrogens with two attached hydrogens (primary N) is 1. The molecule has 2 N–H and O–H groups in total. The molecule has 0 aromatic carbocycles. The molecule has 0 aromatic rings. The molecule has 1 rings (SSSR count). The Morgan fingerprint density at radius 3 is 2.40 bits per heavy atom. The van der Waals surface area contributed by atoms with E-state index in [9.17, 15) is 0 Å². The van der Waals surface area contributed by atoms with E-state index < -0.39 is 0 Å². The van der Waals surface area contributed by atoms with E-state index in [2.05, 4.69) is 6.26 Å². The van der Waals surface area contributed by atoms with Gasteiger partial charge in [0.1, 0.15) is 0 Å². The first-order valence-corrected chi connectivity index (χ1v) is 5.44. The molecule has 1 saturated carbocycles. The molecule has 60 valence electrons. The van der Waals surface area contributed by atoms with E-state index in [1.807, 2.05) is 11.8 Å². The molecule has 0 radical (unpaired) electrons. The fourth-order valence-electron chi connectivity index (χ4n) is 1.69. The lowest BCUT2D eigenvalue weighted by atomic mass is 9.84. The highest BCUT2D eigenvalue weighted by Crippen LogP contribution is 2.27. The highest BCUT2D eigenvalue weighted by atomic mass is 32.2. The van der Waals surface area contributed by atoms with Gasteiger partial charge in [-0.2, -0.15) is 11.8 Å². The molecule has 10 heavy (non-hydrogen) atoms. The predicted molar refractivity (Wildman–Crippen MR) is 48.4 cm³/mol. The van der Waals surface area contributed by atoms with Gasteiger partial charge >= 0.3 is 0 Å². The summed E-state index contributed by atoms with van der Waals surface area (Å²) < 4.78 is 0. The van der Waals surface area contributed by atoms with Crippen molar-refractivity contribution in [1.82, 2.24) is 0 Å². The smallest absolute Gasteiger partial charge is 0.0245 e. The van der Waals surface area contributed by atoms with Gasteiger partial charge in [-0.25, -0.2) is 0 Å². The molecule has 0 aliphatic heterocycles. The van der Waals surface area contributed by atoms with Crippen molar-refractivity contribution in [2.24, 2.45) is 5.73 Å². The minimum absolute atomic E-state index is 0.192. The van der Waals surface area contributed by atoms with Crippen molar-refractivity contribution < 1.29 is 0 Å². The van der Waals surface area contributed by atoms with E-state index in [-0.39, 0.29) is 5.54 Å². The van der Waals surface area contributed by atoms with Crippen molar-refractivity contribution >= 4 is 11.8 Å². The Labute approximate surface area is 67.8 Å². The fourth-order valence-corrected chi connectivity index (χ4v) is 2.55. The molecule has 1 nitrogen and oxygen atoms in total. The van der Waals surface area contributed by atoms with Crippen molar-refractivity contribution in [3.05, 3.63) is 0 Å². The molecule has 0 unspecified atom stereocenters. The molecule has 1 fully saturated rings. The van der Waals surface area contributed by atoms with Gasteiger partial charge in [0.25, 0.3) is 0 Å². The molecule has 0 amide bonds. The van der Waals surface area contributed by atoms with Crippen molar-refractivity contribution in [2.45, 2.75) is 37.6 Å². The van der Waals surface area contributed by atoms with Crippen LogP contribution in [0.4, 0.5) is 0 Å². The summed E-state index contributed by atoms with van der Waals surface area (Å²) in [5.41, 5.74) is 6.34. The van der Waals surface area contributed by atoms with Crippen LogP contribution in [-0.4, -0.2) is 17.5 Å². The Morgan fingerprint density at radius 1 is 1.30 bits per heavy atom. The van der Waals surface area contributed by atoms with Gasteiger partial charge in [0, 0.05) is 11.3 Å². The first-order chi connectivity index (χ1) is 4.77.